The fourth-order valence-corrected chi connectivity index (χ4v) is 1.94. The SMILES string of the molecule is I.O=C(O)C1=CCC2CCC12. The zero-order valence-corrected chi connectivity index (χ0v) is 8.45. The van der Waals surface area contributed by atoms with Crippen molar-refractivity contribution in [2.24, 2.45) is 11.8 Å². The van der Waals surface area contributed by atoms with Crippen LogP contribution in [0.3, 0.4) is 0 Å². The first-order chi connectivity index (χ1) is 4.79. The number of carboxylic acid groups (broad SMARTS) is 1. The number of hydrogen-bond acceptors (Lipinski definition) is 1. The molecular weight excluding hydrogens is 255 g/mol. The fourth-order valence-electron chi connectivity index (χ4n) is 1.94. The van der Waals surface area contributed by atoms with Crippen LogP contribution in [0.15, 0.2) is 11.6 Å². The lowest BCUT2D eigenvalue weighted by molar-refractivity contribution is -0.133. The Bertz CT molecular complexity index is 210. The van der Waals surface area contributed by atoms with E-state index in [1.165, 1.54) is 6.42 Å². The summed E-state index contributed by atoms with van der Waals surface area (Å²) in [5, 5.41) is 8.67. The second-order valence-corrected chi connectivity index (χ2v) is 3.14. The van der Waals surface area contributed by atoms with Gasteiger partial charge in [0.2, 0.25) is 0 Å². The molecule has 3 heteroatoms. The molecule has 0 bridgehead atoms. The number of aliphatic carboxylic acids is 1. The Labute approximate surface area is 82.7 Å². The molecule has 1 N–H and O–H groups in total. The molecule has 0 spiro atoms. The van der Waals surface area contributed by atoms with Gasteiger partial charge in [-0.2, -0.15) is 0 Å². The van der Waals surface area contributed by atoms with Gasteiger partial charge in [-0.05, 0) is 31.1 Å². The molecule has 0 heterocycles. The predicted octanol–water partition coefficient (Wildman–Crippen LogP) is 2.05. The highest BCUT2D eigenvalue weighted by atomic mass is 127. The summed E-state index contributed by atoms with van der Waals surface area (Å²) in [5.74, 6) is 0.399. The van der Waals surface area contributed by atoms with Crippen LogP contribution < -0.4 is 0 Å². The van der Waals surface area contributed by atoms with Crippen LogP contribution in [-0.4, -0.2) is 11.1 Å². The first-order valence-electron chi connectivity index (χ1n) is 3.72. The maximum absolute atomic E-state index is 10.5. The van der Waals surface area contributed by atoms with Crippen molar-refractivity contribution in [2.45, 2.75) is 19.3 Å². The summed E-state index contributed by atoms with van der Waals surface area (Å²) in [6.07, 6.45) is 5.23. The van der Waals surface area contributed by atoms with Crippen molar-refractivity contribution in [3.05, 3.63) is 11.6 Å². The third kappa shape index (κ3) is 1.30. The summed E-state index contributed by atoms with van der Waals surface area (Å²) < 4.78 is 0. The van der Waals surface area contributed by atoms with Gasteiger partial charge in [-0.15, -0.1) is 24.0 Å². The van der Waals surface area contributed by atoms with Gasteiger partial charge in [0.15, 0.2) is 0 Å². The lowest BCUT2D eigenvalue weighted by atomic mass is 9.73. The molecule has 2 aliphatic carbocycles. The molecule has 2 atom stereocenters. The molecule has 1 saturated carbocycles. The highest BCUT2D eigenvalue weighted by Gasteiger charge is 2.39. The van der Waals surface area contributed by atoms with Gasteiger partial charge in [-0.25, -0.2) is 4.79 Å². The van der Waals surface area contributed by atoms with E-state index in [4.69, 9.17) is 5.11 Å². The van der Waals surface area contributed by atoms with E-state index in [9.17, 15) is 4.79 Å². The largest absolute Gasteiger partial charge is 0.478 e. The van der Waals surface area contributed by atoms with Gasteiger partial charge >= 0.3 is 5.97 Å². The first-order valence-corrected chi connectivity index (χ1v) is 3.72. The Morgan fingerprint density at radius 1 is 1.55 bits per heavy atom. The van der Waals surface area contributed by atoms with Crippen molar-refractivity contribution in [3.63, 3.8) is 0 Å². The summed E-state index contributed by atoms with van der Waals surface area (Å²) >= 11 is 0. The molecule has 0 amide bonds. The number of allylic oxidation sites excluding steroid dienone is 1. The van der Waals surface area contributed by atoms with Gasteiger partial charge < -0.3 is 5.11 Å². The Kier molecular flexibility index (Phi) is 2.57. The van der Waals surface area contributed by atoms with Gasteiger partial charge in [0.25, 0.3) is 0 Å². The Morgan fingerprint density at radius 2 is 2.27 bits per heavy atom. The van der Waals surface area contributed by atoms with Gasteiger partial charge in [0.1, 0.15) is 0 Å². The number of carbonyl (C=O) groups is 1. The molecule has 0 aromatic carbocycles. The minimum absolute atomic E-state index is 0. The van der Waals surface area contributed by atoms with E-state index in [2.05, 4.69) is 0 Å². The van der Waals surface area contributed by atoms with E-state index in [0.717, 1.165) is 12.8 Å². The third-order valence-corrected chi connectivity index (χ3v) is 2.70. The number of rotatable bonds is 1. The van der Waals surface area contributed by atoms with Crippen molar-refractivity contribution in [2.75, 3.05) is 0 Å². The lowest BCUT2D eigenvalue weighted by Crippen LogP contribution is -2.25. The normalized spacial score (nSPS) is 32.9. The number of halogens is 1. The minimum atomic E-state index is -0.702. The van der Waals surface area contributed by atoms with Crippen LogP contribution in [0, 0.1) is 11.8 Å². The molecule has 2 aliphatic rings. The van der Waals surface area contributed by atoms with E-state index in [1.54, 1.807) is 0 Å². The molecule has 0 aromatic heterocycles. The van der Waals surface area contributed by atoms with Crippen LogP contribution in [0.2, 0.25) is 0 Å². The van der Waals surface area contributed by atoms with E-state index >= 15 is 0 Å². The first kappa shape index (κ1) is 9.03. The second kappa shape index (κ2) is 3.13. The standard InChI is InChI=1S/C8H10O2.HI/c9-8(10)7-4-2-5-1-3-6(5)7;/h4-6H,1-3H2,(H,9,10);1H. The van der Waals surface area contributed by atoms with Crippen molar-refractivity contribution in [1.29, 1.82) is 0 Å². The maximum atomic E-state index is 10.5. The molecule has 0 saturated heterocycles. The summed E-state index contributed by atoms with van der Waals surface area (Å²) in [4.78, 5) is 10.5. The summed E-state index contributed by atoms with van der Waals surface area (Å²) in [6, 6.07) is 0. The van der Waals surface area contributed by atoms with Gasteiger partial charge in [0.05, 0.1) is 0 Å². The molecule has 2 rings (SSSR count). The van der Waals surface area contributed by atoms with Crippen LogP contribution in [0.5, 0.6) is 0 Å². The second-order valence-electron chi connectivity index (χ2n) is 3.14. The lowest BCUT2D eigenvalue weighted by Gasteiger charge is -2.31. The van der Waals surface area contributed by atoms with Crippen LogP contribution in [0.1, 0.15) is 19.3 Å². The van der Waals surface area contributed by atoms with E-state index in [0.29, 0.717) is 17.4 Å². The molecule has 2 unspecified atom stereocenters. The summed E-state index contributed by atoms with van der Waals surface area (Å²) in [7, 11) is 0. The van der Waals surface area contributed by atoms with Crippen LogP contribution >= 0.6 is 24.0 Å². The van der Waals surface area contributed by atoms with Gasteiger partial charge in [-0.1, -0.05) is 6.08 Å². The van der Waals surface area contributed by atoms with Gasteiger partial charge in [-0.3, -0.25) is 0 Å². The number of hydrogen-bond donors (Lipinski definition) is 1. The van der Waals surface area contributed by atoms with Crippen molar-refractivity contribution in [1.82, 2.24) is 0 Å². The molecule has 11 heavy (non-hydrogen) atoms. The van der Waals surface area contributed by atoms with Crippen molar-refractivity contribution >= 4 is 29.9 Å². The van der Waals surface area contributed by atoms with Gasteiger partial charge in [0, 0.05) is 5.57 Å². The smallest absolute Gasteiger partial charge is 0.331 e. The number of carboxylic acids is 1. The molecule has 62 valence electrons. The maximum Gasteiger partial charge on any atom is 0.331 e. The summed E-state index contributed by atoms with van der Waals surface area (Å²) in [6.45, 7) is 0. The number of fused-ring (bicyclic) bond motifs is 1. The predicted molar refractivity (Wildman–Crippen MR) is 52.0 cm³/mol. The molecule has 2 nitrogen and oxygen atoms in total. The molecule has 0 aliphatic heterocycles. The molecular formula is C8H11IO2. The molecule has 1 fully saturated rings. The minimum Gasteiger partial charge on any atom is -0.478 e. The van der Waals surface area contributed by atoms with E-state index in [1.807, 2.05) is 6.08 Å². The highest BCUT2D eigenvalue weighted by Crippen LogP contribution is 2.46. The molecule has 0 aromatic rings. The Balaban J connectivity index is 0.000000605. The zero-order valence-electron chi connectivity index (χ0n) is 6.12. The van der Waals surface area contributed by atoms with Crippen molar-refractivity contribution < 1.29 is 9.90 Å². The topological polar surface area (TPSA) is 37.3 Å². The average Bonchev–Trinajstić information content (AvgIpc) is 2.07. The van der Waals surface area contributed by atoms with Crippen LogP contribution in [-0.2, 0) is 4.79 Å². The van der Waals surface area contributed by atoms with Crippen molar-refractivity contribution in [3.8, 4) is 0 Å². The van der Waals surface area contributed by atoms with E-state index < -0.39 is 5.97 Å². The molecule has 0 radical (unpaired) electrons. The monoisotopic (exact) mass is 266 g/mol. The van der Waals surface area contributed by atoms with Crippen LogP contribution in [0.4, 0.5) is 0 Å². The van der Waals surface area contributed by atoms with E-state index in [-0.39, 0.29) is 24.0 Å². The average molecular weight is 266 g/mol. The third-order valence-electron chi connectivity index (χ3n) is 2.70. The fraction of sp³-hybridized carbons (Fsp3) is 0.625. The quantitative estimate of drug-likeness (QED) is 0.737. The Morgan fingerprint density at radius 3 is 2.55 bits per heavy atom. The highest BCUT2D eigenvalue weighted by molar-refractivity contribution is 14.0. The zero-order chi connectivity index (χ0) is 7.14. The summed E-state index contributed by atoms with van der Waals surface area (Å²) in [5.41, 5.74) is 0.677. The Hall–Kier alpha value is -0.0600. The van der Waals surface area contributed by atoms with Crippen LogP contribution in [0.25, 0.3) is 0 Å².